The van der Waals surface area contributed by atoms with Crippen molar-refractivity contribution in [3.05, 3.63) is 207 Å². The first kappa shape index (κ1) is 37.4. The smallest absolute Gasteiger partial charge is 0.0940 e. The van der Waals surface area contributed by atoms with Crippen LogP contribution < -0.4 is 0 Å². The third kappa shape index (κ3) is 6.07. The number of fused-ring (bicyclic) bond motifs is 4. The summed E-state index contributed by atoms with van der Waals surface area (Å²) in [6, 6.07) is 37.9. The Bertz CT molecular complexity index is 2430. The Kier molecular flexibility index (Phi) is 9.98. The summed E-state index contributed by atoms with van der Waals surface area (Å²) < 4.78 is 0. The van der Waals surface area contributed by atoms with Crippen LogP contribution in [-0.2, 0) is 0 Å². The first-order chi connectivity index (χ1) is 27.2. The molecule has 272 valence electrons. The van der Waals surface area contributed by atoms with Crippen LogP contribution in [0.1, 0.15) is 22.3 Å². The number of nitrogens with zero attached hydrogens (tertiary/aromatic N) is 4. The summed E-state index contributed by atoms with van der Waals surface area (Å²) in [5.74, 6) is 0. The summed E-state index contributed by atoms with van der Waals surface area (Å²) in [5, 5.41) is 1.26. The predicted octanol–water partition coefficient (Wildman–Crippen LogP) is 14.2. The van der Waals surface area contributed by atoms with E-state index in [0.717, 1.165) is 0 Å². The number of aliphatic imine (C=N–C) groups is 4. The van der Waals surface area contributed by atoms with Crippen LogP contribution in [0.3, 0.4) is 0 Å². The highest BCUT2D eigenvalue weighted by molar-refractivity contribution is 6.65. The van der Waals surface area contributed by atoms with Crippen LogP contribution in [0, 0.1) is 0 Å². The van der Waals surface area contributed by atoms with Gasteiger partial charge in [-0.25, -0.2) is 20.0 Å². The molecule has 8 bridgehead atoms. The van der Waals surface area contributed by atoms with Gasteiger partial charge >= 0.3 is 0 Å². The highest BCUT2D eigenvalue weighted by atomic mass is 35.5. The standard InChI is InChI=1S/C44H20Cl8N4/c45-29-31(47)39-26(22-15-7-2-8-16-22)41-33(49)35(51)43(55-41)28(24-19-11-4-12-20-24)44-36(52)34(50)42(56-44)27(23-17-9-3-10-18-23)40-32(48)30(46)38(54-40)25(37(29)53-39)21-13-5-1-6-14-21/h1-20H. The predicted molar refractivity (Wildman–Crippen MR) is 238 cm³/mol. The van der Waals surface area contributed by atoms with Crippen molar-refractivity contribution in [1.29, 1.82) is 0 Å². The lowest BCUT2D eigenvalue weighted by molar-refractivity contribution is 1.39. The molecular weight excluding hydrogens is 868 g/mol. The minimum absolute atomic E-state index is 0.157. The largest absolute Gasteiger partial charge is 0.244 e. The summed E-state index contributed by atoms with van der Waals surface area (Å²) in [4.78, 5) is 20.7. The lowest BCUT2D eigenvalue weighted by atomic mass is 9.98. The van der Waals surface area contributed by atoms with Gasteiger partial charge in [-0.1, -0.05) is 214 Å². The number of halogens is 8. The van der Waals surface area contributed by atoms with Gasteiger partial charge in [0.1, 0.15) is 0 Å². The van der Waals surface area contributed by atoms with E-state index in [1.807, 2.05) is 121 Å². The average molecular weight is 888 g/mol. The summed E-state index contributed by atoms with van der Waals surface area (Å²) in [6.45, 7) is 0. The van der Waals surface area contributed by atoms with Crippen LogP contribution in [0.2, 0.25) is 0 Å². The summed E-state index contributed by atoms with van der Waals surface area (Å²) in [7, 11) is 0. The van der Waals surface area contributed by atoms with Crippen LogP contribution in [0.4, 0.5) is 0 Å². The highest BCUT2D eigenvalue weighted by Crippen LogP contribution is 2.50. The third-order valence-electron chi connectivity index (χ3n) is 9.47. The van der Waals surface area contributed by atoms with Gasteiger partial charge in [0.05, 0.1) is 85.9 Å². The van der Waals surface area contributed by atoms with Crippen LogP contribution in [0.5, 0.6) is 0 Å². The van der Waals surface area contributed by atoms with E-state index in [9.17, 15) is 0 Å². The zero-order valence-corrected chi connectivity index (χ0v) is 34.4. The monoisotopic (exact) mass is 884 g/mol. The molecule has 9 rings (SSSR count). The van der Waals surface area contributed by atoms with Gasteiger partial charge in [-0.2, -0.15) is 0 Å². The number of hydrogen-bond donors (Lipinski definition) is 0. The molecule has 4 nitrogen and oxygen atoms in total. The molecule has 4 aromatic rings. The first-order valence-corrected chi connectivity index (χ1v) is 20.0. The Morgan fingerprint density at radius 3 is 0.589 bits per heavy atom. The molecule has 0 atom stereocenters. The highest BCUT2D eigenvalue weighted by Gasteiger charge is 2.39. The van der Waals surface area contributed by atoms with Crippen molar-refractivity contribution in [2.45, 2.75) is 0 Å². The van der Waals surface area contributed by atoms with E-state index in [0.29, 0.717) is 90.2 Å². The number of rotatable bonds is 4. The lowest BCUT2D eigenvalue weighted by Gasteiger charge is -2.13. The molecule has 56 heavy (non-hydrogen) atoms. The van der Waals surface area contributed by atoms with E-state index in [4.69, 9.17) is 113 Å². The second-order valence-electron chi connectivity index (χ2n) is 12.7. The van der Waals surface area contributed by atoms with E-state index in [1.54, 1.807) is 0 Å². The van der Waals surface area contributed by atoms with Gasteiger partial charge in [-0.15, -0.1) is 0 Å². The van der Waals surface area contributed by atoms with Crippen molar-refractivity contribution in [1.82, 2.24) is 0 Å². The molecule has 0 spiro atoms. The topological polar surface area (TPSA) is 49.4 Å². The molecule has 0 amide bonds. The van der Waals surface area contributed by atoms with Gasteiger partial charge in [-0.3, -0.25) is 0 Å². The molecule has 0 saturated heterocycles. The van der Waals surface area contributed by atoms with E-state index in [1.165, 1.54) is 0 Å². The normalized spacial score (nSPS) is 18.6. The molecule has 5 heterocycles. The summed E-state index contributed by atoms with van der Waals surface area (Å²) >= 11 is 57.9. The first-order valence-electron chi connectivity index (χ1n) is 16.9. The van der Waals surface area contributed by atoms with Gasteiger partial charge in [0.25, 0.3) is 0 Å². The molecule has 0 aliphatic carbocycles. The Morgan fingerprint density at radius 1 is 0.232 bits per heavy atom. The van der Waals surface area contributed by atoms with Crippen LogP contribution in [0.25, 0.3) is 22.3 Å². The second-order valence-corrected chi connectivity index (χ2v) is 15.7. The van der Waals surface area contributed by atoms with Crippen molar-refractivity contribution in [3.63, 3.8) is 0 Å². The summed E-state index contributed by atoms with van der Waals surface area (Å²) in [6.07, 6.45) is 0. The van der Waals surface area contributed by atoms with Crippen molar-refractivity contribution in [3.8, 4) is 0 Å². The van der Waals surface area contributed by atoms with Gasteiger partial charge in [-0.05, 0) is 22.3 Å². The molecule has 5 aliphatic rings. The van der Waals surface area contributed by atoms with Crippen molar-refractivity contribution < 1.29 is 0 Å². The molecule has 5 aliphatic heterocycles. The maximum atomic E-state index is 7.23. The molecule has 12 heteroatoms. The maximum Gasteiger partial charge on any atom is 0.0940 e. The van der Waals surface area contributed by atoms with Gasteiger partial charge in [0, 0.05) is 22.3 Å². The van der Waals surface area contributed by atoms with Crippen LogP contribution in [-0.4, -0.2) is 22.8 Å². The van der Waals surface area contributed by atoms with E-state index < -0.39 is 0 Å². The molecule has 0 radical (unpaired) electrons. The minimum atomic E-state index is 0.157. The number of hydrogen-bond acceptors (Lipinski definition) is 4. The number of benzene rings is 4. The Labute approximate surface area is 361 Å². The Morgan fingerprint density at radius 2 is 0.411 bits per heavy atom. The molecule has 0 fully saturated rings. The second kappa shape index (κ2) is 14.9. The van der Waals surface area contributed by atoms with E-state index in [2.05, 4.69) is 0 Å². The fourth-order valence-corrected chi connectivity index (χ4v) is 8.77. The molecule has 0 N–H and O–H groups in total. The molecule has 0 aromatic heterocycles. The van der Waals surface area contributed by atoms with Crippen molar-refractivity contribution in [2.24, 2.45) is 20.0 Å². The lowest BCUT2D eigenvalue weighted by Crippen LogP contribution is -2.06. The zero-order chi connectivity index (χ0) is 38.8. The van der Waals surface area contributed by atoms with E-state index in [-0.39, 0.29) is 40.3 Å². The molecule has 0 saturated carbocycles. The molecule has 0 unspecified atom stereocenters. The van der Waals surface area contributed by atoms with Gasteiger partial charge < -0.3 is 0 Å². The fraction of sp³-hybridized carbons (Fsp3) is 0. The number of allylic oxidation sites excluding steroid dienone is 12. The minimum Gasteiger partial charge on any atom is -0.244 e. The fourth-order valence-electron chi connectivity index (χ4n) is 6.96. The molecular formula is C44H20Cl8N4. The average Bonchev–Trinajstić information content (AvgIpc) is 3.89. The van der Waals surface area contributed by atoms with Crippen molar-refractivity contribution >= 4 is 138 Å². The quantitative estimate of drug-likeness (QED) is 0.196. The third-order valence-corrected chi connectivity index (χ3v) is 12.8. The SMILES string of the molecule is ClC1=C(Cl)C2=C(c3ccccc3)C3=NC(=C(c4ccccc4)C4=NC(=C(c5ccccc5)C5=NC(=C(c6ccccc6)C1=N2)C(Cl)=C5Cl)C(Cl)=C4Cl)C(Cl)=C3Cl. The van der Waals surface area contributed by atoms with Gasteiger partial charge in [0.2, 0.25) is 0 Å². The van der Waals surface area contributed by atoms with Crippen LogP contribution in [0.15, 0.2) is 204 Å². The van der Waals surface area contributed by atoms with E-state index >= 15 is 0 Å². The maximum absolute atomic E-state index is 7.23. The van der Waals surface area contributed by atoms with Crippen LogP contribution >= 0.6 is 92.8 Å². The Hall–Kier alpha value is -4.20. The summed E-state index contributed by atoms with van der Waals surface area (Å²) in [5.41, 5.74) is 7.19. The zero-order valence-electron chi connectivity index (χ0n) is 28.4. The molecule has 4 aromatic carbocycles. The Balaban J connectivity index is 1.51. The van der Waals surface area contributed by atoms with Gasteiger partial charge in [0.15, 0.2) is 0 Å². The van der Waals surface area contributed by atoms with Crippen molar-refractivity contribution in [2.75, 3.05) is 0 Å².